The second-order valence-corrected chi connectivity index (χ2v) is 5.38. The molecule has 1 aliphatic rings. The highest BCUT2D eigenvalue weighted by Crippen LogP contribution is 2.33. The average molecular weight is 314 g/mol. The predicted octanol–water partition coefficient (Wildman–Crippen LogP) is 0.968. The number of carbonyl (C=O) groups excluding carboxylic acids is 1. The van der Waals surface area contributed by atoms with Gasteiger partial charge in [0.1, 0.15) is 5.69 Å². The van der Waals surface area contributed by atoms with Gasteiger partial charge in [-0.15, -0.1) is 0 Å². The molecule has 114 valence electrons. The molecule has 1 aliphatic heterocycles. The minimum atomic E-state index is -0.638. The van der Waals surface area contributed by atoms with Gasteiger partial charge in [0.15, 0.2) is 0 Å². The highest BCUT2D eigenvalue weighted by molar-refractivity contribution is 6.34. The third-order valence-corrected chi connectivity index (χ3v) is 3.70. The smallest absolute Gasteiger partial charge is 0.295 e. The molecule has 1 heterocycles. The molecule has 0 saturated carbocycles. The lowest BCUT2D eigenvalue weighted by Crippen LogP contribution is -2.36. The van der Waals surface area contributed by atoms with Crippen LogP contribution in [0.3, 0.4) is 0 Å². The quantitative estimate of drug-likeness (QED) is 0.433. The van der Waals surface area contributed by atoms with Crippen molar-refractivity contribution in [2.45, 2.75) is 12.5 Å². The number of amides is 1. The third-order valence-electron chi connectivity index (χ3n) is 3.40. The number of halogens is 1. The number of nitrogens with one attached hydrogen (secondary N) is 2. The molecule has 1 saturated heterocycles. The van der Waals surface area contributed by atoms with E-state index >= 15 is 0 Å². The molecule has 1 atom stereocenters. The van der Waals surface area contributed by atoms with E-state index in [0.717, 1.165) is 25.6 Å². The first kappa shape index (κ1) is 15.5. The normalized spacial score (nSPS) is 18.5. The summed E-state index contributed by atoms with van der Waals surface area (Å²) in [5, 5.41) is 13.9. The molecule has 0 bridgehead atoms. The lowest BCUT2D eigenvalue weighted by molar-refractivity contribution is -0.384. The number of hydrazine groups is 1. The number of carbonyl (C=O) groups is 1. The van der Waals surface area contributed by atoms with Crippen LogP contribution in [0.2, 0.25) is 5.02 Å². The Morgan fingerprint density at radius 3 is 2.81 bits per heavy atom. The molecule has 1 amide bonds. The number of hydrogen-bond acceptors (Lipinski definition) is 6. The first-order valence-corrected chi connectivity index (χ1v) is 6.74. The van der Waals surface area contributed by atoms with Gasteiger partial charge in [0.25, 0.3) is 11.6 Å². The minimum absolute atomic E-state index is 0.0150. The summed E-state index contributed by atoms with van der Waals surface area (Å²) in [5.74, 6) is 4.83. The molecule has 1 unspecified atom stereocenters. The zero-order chi connectivity index (χ0) is 15.6. The molecule has 0 radical (unpaired) electrons. The van der Waals surface area contributed by atoms with Gasteiger partial charge in [-0.1, -0.05) is 11.6 Å². The Morgan fingerprint density at radius 1 is 1.57 bits per heavy atom. The molecule has 8 nitrogen and oxygen atoms in total. The Labute approximate surface area is 126 Å². The van der Waals surface area contributed by atoms with Crippen molar-refractivity contribution in [3.05, 3.63) is 32.8 Å². The number of nitrogens with zero attached hydrogens (tertiary/aromatic N) is 2. The minimum Gasteiger partial charge on any atom is -0.348 e. The summed E-state index contributed by atoms with van der Waals surface area (Å²) in [6.45, 7) is 1.66. The summed E-state index contributed by atoms with van der Waals surface area (Å²) in [4.78, 5) is 24.6. The molecule has 0 spiro atoms. The van der Waals surface area contributed by atoms with E-state index in [4.69, 9.17) is 17.4 Å². The third kappa shape index (κ3) is 3.41. The van der Waals surface area contributed by atoms with Crippen molar-refractivity contribution in [1.29, 1.82) is 0 Å². The maximum absolute atomic E-state index is 12.2. The monoisotopic (exact) mass is 313 g/mol. The lowest BCUT2D eigenvalue weighted by Gasteiger charge is -2.13. The summed E-state index contributed by atoms with van der Waals surface area (Å²) in [6, 6.07) is 2.56. The zero-order valence-corrected chi connectivity index (χ0v) is 12.2. The molecule has 1 fully saturated rings. The summed E-state index contributed by atoms with van der Waals surface area (Å²) >= 11 is 5.93. The SMILES string of the molecule is CN1CCC(NC(=O)c2cc(Cl)c(NN)c([N+](=O)[O-])c2)C1. The van der Waals surface area contributed by atoms with Gasteiger partial charge in [-0.2, -0.15) is 0 Å². The molecular formula is C12H16ClN5O3. The molecule has 9 heteroatoms. The van der Waals surface area contributed by atoms with Gasteiger partial charge in [0.2, 0.25) is 0 Å². The average Bonchev–Trinajstić information content (AvgIpc) is 2.82. The van der Waals surface area contributed by atoms with Gasteiger partial charge in [-0.05, 0) is 26.1 Å². The van der Waals surface area contributed by atoms with Gasteiger partial charge >= 0.3 is 0 Å². The van der Waals surface area contributed by atoms with Crippen LogP contribution < -0.4 is 16.6 Å². The van der Waals surface area contributed by atoms with E-state index in [1.54, 1.807) is 0 Å². The zero-order valence-electron chi connectivity index (χ0n) is 11.4. The number of rotatable bonds is 4. The standard InChI is InChI=1S/C12H16ClN5O3/c1-17-3-2-8(6-17)15-12(19)7-4-9(13)11(16-14)10(5-7)18(20)21/h4-5,8,16H,2-3,6,14H2,1H3,(H,15,19). The van der Waals surface area contributed by atoms with Crippen molar-refractivity contribution in [2.75, 3.05) is 25.6 Å². The van der Waals surface area contributed by atoms with Crippen molar-refractivity contribution in [1.82, 2.24) is 10.2 Å². The fourth-order valence-corrected chi connectivity index (χ4v) is 2.60. The maximum atomic E-state index is 12.2. The van der Waals surface area contributed by atoms with E-state index < -0.39 is 4.92 Å². The number of likely N-dealkylation sites (tertiary alicyclic amines) is 1. The second-order valence-electron chi connectivity index (χ2n) is 4.97. The fraction of sp³-hybridized carbons (Fsp3) is 0.417. The highest BCUT2D eigenvalue weighted by atomic mass is 35.5. The van der Waals surface area contributed by atoms with Crippen LogP contribution in [0.1, 0.15) is 16.8 Å². The van der Waals surface area contributed by atoms with Gasteiger partial charge in [0, 0.05) is 24.2 Å². The van der Waals surface area contributed by atoms with Crippen LogP contribution in [0.5, 0.6) is 0 Å². The molecule has 21 heavy (non-hydrogen) atoms. The van der Waals surface area contributed by atoms with Gasteiger partial charge in [-0.3, -0.25) is 20.8 Å². The number of nitrogen functional groups attached to an aromatic ring is 1. The Hall–Kier alpha value is -1.90. The van der Waals surface area contributed by atoms with E-state index in [9.17, 15) is 14.9 Å². The Morgan fingerprint density at radius 2 is 2.29 bits per heavy atom. The number of nitro groups is 1. The number of anilines is 1. The predicted molar refractivity (Wildman–Crippen MR) is 79.3 cm³/mol. The van der Waals surface area contributed by atoms with E-state index in [2.05, 4.69) is 15.6 Å². The highest BCUT2D eigenvalue weighted by Gasteiger charge is 2.24. The van der Waals surface area contributed by atoms with Gasteiger partial charge in [-0.25, -0.2) is 0 Å². The van der Waals surface area contributed by atoms with E-state index in [0.29, 0.717) is 0 Å². The van der Waals surface area contributed by atoms with Crippen molar-refractivity contribution >= 4 is 28.9 Å². The lowest BCUT2D eigenvalue weighted by atomic mass is 10.1. The van der Waals surface area contributed by atoms with Crippen molar-refractivity contribution in [3.8, 4) is 0 Å². The number of likely N-dealkylation sites (N-methyl/N-ethyl adjacent to an activating group) is 1. The van der Waals surface area contributed by atoms with Crippen molar-refractivity contribution in [2.24, 2.45) is 5.84 Å². The maximum Gasteiger partial charge on any atom is 0.295 e. The Kier molecular flexibility index (Phi) is 4.61. The van der Waals surface area contributed by atoms with Crippen LogP contribution in [-0.4, -0.2) is 41.9 Å². The first-order chi connectivity index (χ1) is 9.92. The van der Waals surface area contributed by atoms with Crippen LogP contribution in [0.15, 0.2) is 12.1 Å². The number of nitro benzene ring substituents is 1. The molecular weight excluding hydrogens is 298 g/mol. The summed E-state index contributed by atoms with van der Waals surface area (Å²) in [7, 11) is 1.97. The van der Waals surface area contributed by atoms with Crippen LogP contribution in [0.4, 0.5) is 11.4 Å². The summed E-state index contributed by atoms with van der Waals surface area (Å²) in [5.41, 5.74) is 1.97. The van der Waals surface area contributed by atoms with Crippen LogP contribution >= 0.6 is 11.6 Å². The van der Waals surface area contributed by atoms with Crippen molar-refractivity contribution < 1.29 is 9.72 Å². The van der Waals surface area contributed by atoms with E-state index in [-0.39, 0.29) is 33.9 Å². The number of hydrogen-bond donors (Lipinski definition) is 3. The van der Waals surface area contributed by atoms with Crippen LogP contribution in [0, 0.1) is 10.1 Å². The number of nitrogens with two attached hydrogens (primary N) is 1. The molecule has 4 N–H and O–H groups in total. The molecule has 1 aromatic carbocycles. The fourth-order valence-electron chi connectivity index (χ4n) is 2.33. The second kappa shape index (κ2) is 6.25. The van der Waals surface area contributed by atoms with Gasteiger partial charge in [0.05, 0.1) is 9.95 Å². The largest absolute Gasteiger partial charge is 0.348 e. The van der Waals surface area contributed by atoms with E-state index in [1.807, 2.05) is 7.05 Å². The molecule has 1 aromatic rings. The Balaban J connectivity index is 2.23. The topological polar surface area (TPSA) is 114 Å². The number of benzene rings is 1. The molecule has 0 aromatic heterocycles. The molecule has 2 rings (SSSR count). The summed E-state index contributed by atoms with van der Waals surface area (Å²) < 4.78 is 0. The van der Waals surface area contributed by atoms with Crippen LogP contribution in [0.25, 0.3) is 0 Å². The first-order valence-electron chi connectivity index (χ1n) is 6.36. The van der Waals surface area contributed by atoms with Gasteiger partial charge < -0.3 is 15.6 Å². The van der Waals surface area contributed by atoms with Crippen molar-refractivity contribution in [3.63, 3.8) is 0 Å². The van der Waals surface area contributed by atoms with E-state index in [1.165, 1.54) is 6.07 Å². The Bertz CT molecular complexity index is 580. The van der Waals surface area contributed by atoms with Crippen LogP contribution in [-0.2, 0) is 0 Å². The summed E-state index contributed by atoms with van der Waals surface area (Å²) in [6.07, 6.45) is 0.848. The molecule has 0 aliphatic carbocycles.